The van der Waals surface area contributed by atoms with Crippen LogP contribution in [0.2, 0.25) is 0 Å². The Morgan fingerprint density at radius 1 is 1.03 bits per heavy atom. The van der Waals surface area contributed by atoms with Gasteiger partial charge in [0.2, 0.25) is 5.91 Å². The number of carbonyl (C=O) groups is 1. The van der Waals surface area contributed by atoms with Crippen LogP contribution in [0.15, 0.2) is 59.5 Å². The number of amides is 1. The van der Waals surface area contributed by atoms with Crippen LogP contribution in [0.25, 0.3) is 0 Å². The van der Waals surface area contributed by atoms with Gasteiger partial charge in [0.25, 0.3) is 0 Å². The number of hydrogen-bond donors (Lipinski definition) is 1. The first kappa shape index (κ1) is 19.8. The lowest BCUT2D eigenvalue weighted by molar-refractivity contribution is -0.124. The van der Waals surface area contributed by atoms with E-state index in [2.05, 4.69) is 28.4 Å². The summed E-state index contributed by atoms with van der Waals surface area (Å²) in [6, 6.07) is 20.5. The summed E-state index contributed by atoms with van der Waals surface area (Å²) >= 11 is 1.75. The van der Waals surface area contributed by atoms with Crippen LogP contribution in [-0.2, 0) is 4.79 Å². The quantitative estimate of drug-likeness (QED) is 0.780. The Balaban J connectivity index is 1.35. The van der Waals surface area contributed by atoms with E-state index in [1.807, 2.05) is 42.5 Å². The Morgan fingerprint density at radius 2 is 1.69 bits per heavy atom. The van der Waals surface area contributed by atoms with E-state index < -0.39 is 0 Å². The average Bonchev–Trinajstić information content (AvgIpc) is 3.25. The lowest BCUT2D eigenvalue weighted by Crippen LogP contribution is -2.50. The van der Waals surface area contributed by atoms with E-state index in [1.165, 1.54) is 4.90 Å². The molecule has 0 spiro atoms. The molecule has 0 radical (unpaired) electrons. The van der Waals surface area contributed by atoms with Crippen molar-refractivity contribution in [2.75, 3.05) is 18.0 Å². The molecule has 0 bridgehead atoms. The second-order valence-electron chi connectivity index (χ2n) is 8.01. The van der Waals surface area contributed by atoms with Crippen molar-refractivity contribution in [3.8, 4) is 6.07 Å². The Kier molecular flexibility index (Phi) is 6.10. The highest BCUT2D eigenvalue weighted by Gasteiger charge is 2.43. The van der Waals surface area contributed by atoms with Crippen molar-refractivity contribution < 1.29 is 4.79 Å². The van der Waals surface area contributed by atoms with E-state index in [-0.39, 0.29) is 16.7 Å². The number of piperidine rings is 1. The van der Waals surface area contributed by atoms with Gasteiger partial charge in [-0.15, -0.1) is 11.8 Å². The van der Waals surface area contributed by atoms with Gasteiger partial charge in [0, 0.05) is 29.7 Å². The van der Waals surface area contributed by atoms with E-state index in [0.717, 1.165) is 57.3 Å². The summed E-state index contributed by atoms with van der Waals surface area (Å²) in [5.41, 5.74) is 1.84. The molecule has 4 nitrogen and oxygen atoms in total. The van der Waals surface area contributed by atoms with Crippen LogP contribution < -0.4 is 10.2 Å². The highest BCUT2D eigenvalue weighted by molar-refractivity contribution is 8.01. The van der Waals surface area contributed by atoms with Crippen LogP contribution in [0.5, 0.6) is 0 Å². The fraction of sp³-hybridized carbons (Fsp3) is 0.417. The second-order valence-corrected chi connectivity index (χ2v) is 9.47. The van der Waals surface area contributed by atoms with Gasteiger partial charge in [0.05, 0.1) is 16.4 Å². The third kappa shape index (κ3) is 4.59. The van der Waals surface area contributed by atoms with Crippen molar-refractivity contribution in [1.82, 2.24) is 5.32 Å². The van der Waals surface area contributed by atoms with E-state index >= 15 is 0 Å². The average molecular weight is 406 g/mol. The molecule has 1 heterocycles. The maximum atomic E-state index is 13.3. The van der Waals surface area contributed by atoms with Crippen LogP contribution in [-0.4, -0.2) is 29.8 Å². The van der Waals surface area contributed by atoms with E-state index in [0.29, 0.717) is 5.56 Å². The van der Waals surface area contributed by atoms with Crippen molar-refractivity contribution in [3.63, 3.8) is 0 Å². The minimum atomic E-state index is -0.314. The Morgan fingerprint density at radius 3 is 2.31 bits per heavy atom. The number of carbonyl (C=O) groups excluding carboxylic acids is 1. The Labute approximate surface area is 177 Å². The van der Waals surface area contributed by atoms with Gasteiger partial charge in [0.1, 0.15) is 0 Å². The fourth-order valence-electron chi connectivity index (χ4n) is 4.38. The topological polar surface area (TPSA) is 56.1 Å². The monoisotopic (exact) mass is 405 g/mol. The Bertz CT molecular complexity index is 861. The summed E-state index contributed by atoms with van der Waals surface area (Å²) in [7, 11) is 0. The molecule has 1 amide bonds. The lowest BCUT2D eigenvalue weighted by Gasteiger charge is -2.36. The van der Waals surface area contributed by atoms with Crippen molar-refractivity contribution in [1.29, 1.82) is 5.26 Å². The third-order valence-electron chi connectivity index (χ3n) is 6.07. The summed E-state index contributed by atoms with van der Waals surface area (Å²) in [6.45, 7) is 1.85. The molecule has 0 atom stereocenters. The van der Waals surface area contributed by atoms with Crippen LogP contribution in [0.1, 0.15) is 44.1 Å². The summed E-state index contributed by atoms with van der Waals surface area (Å²) in [5.74, 6) is 0.223. The fourth-order valence-corrected chi connectivity index (χ4v) is 5.77. The van der Waals surface area contributed by atoms with Gasteiger partial charge in [-0.25, -0.2) is 0 Å². The largest absolute Gasteiger partial charge is 0.371 e. The van der Waals surface area contributed by atoms with Gasteiger partial charge in [-0.1, -0.05) is 31.0 Å². The minimum Gasteiger partial charge on any atom is -0.371 e. The first-order valence-corrected chi connectivity index (χ1v) is 11.3. The zero-order valence-electron chi connectivity index (χ0n) is 16.6. The SMILES string of the molecule is N#Cc1ccc(N2CCC(NC(=O)C3(Sc4ccccc4)CCCC3)CC2)cc1. The van der Waals surface area contributed by atoms with Crippen molar-refractivity contribution in [3.05, 3.63) is 60.2 Å². The number of benzene rings is 2. The molecule has 2 aromatic rings. The molecule has 4 rings (SSSR count). The maximum absolute atomic E-state index is 13.3. The summed E-state index contributed by atoms with van der Waals surface area (Å²) in [6.07, 6.45) is 6.09. The summed E-state index contributed by atoms with van der Waals surface area (Å²) in [4.78, 5) is 16.8. The van der Waals surface area contributed by atoms with Gasteiger partial charge in [-0.2, -0.15) is 5.26 Å². The van der Waals surface area contributed by atoms with E-state index in [4.69, 9.17) is 5.26 Å². The van der Waals surface area contributed by atoms with Crippen molar-refractivity contribution in [2.24, 2.45) is 0 Å². The van der Waals surface area contributed by atoms with Gasteiger partial charge in [-0.3, -0.25) is 4.79 Å². The van der Waals surface area contributed by atoms with Gasteiger partial charge < -0.3 is 10.2 Å². The molecule has 5 heteroatoms. The zero-order chi connectivity index (χ0) is 20.1. The molecule has 29 heavy (non-hydrogen) atoms. The number of nitrogens with one attached hydrogen (secondary N) is 1. The molecular weight excluding hydrogens is 378 g/mol. The first-order chi connectivity index (χ1) is 14.2. The molecule has 2 aliphatic rings. The molecule has 2 fully saturated rings. The normalized spacial score (nSPS) is 18.9. The van der Waals surface area contributed by atoms with E-state index in [9.17, 15) is 4.79 Å². The minimum absolute atomic E-state index is 0.223. The van der Waals surface area contributed by atoms with Crippen molar-refractivity contribution in [2.45, 2.75) is 54.2 Å². The molecule has 1 aliphatic heterocycles. The molecule has 150 valence electrons. The lowest BCUT2D eigenvalue weighted by atomic mass is 10.0. The van der Waals surface area contributed by atoms with Crippen molar-refractivity contribution >= 4 is 23.4 Å². The molecule has 1 saturated carbocycles. The molecule has 0 aromatic heterocycles. The smallest absolute Gasteiger partial charge is 0.236 e. The van der Waals surface area contributed by atoms with Gasteiger partial charge in [-0.05, 0) is 62.1 Å². The molecule has 1 saturated heterocycles. The van der Waals surface area contributed by atoms with E-state index in [1.54, 1.807) is 11.8 Å². The molecule has 2 aromatic carbocycles. The molecule has 1 N–H and O–H groups in total. The third-order valence-corrected chi connectivity index (χ3v) is 7.57. The predicted molar refractivity (Wildman–Crippen MR) is 118 cm³/mol. The number of rotatable bonds is 5. The first-order valence-electron chi connectivity index (χ1n) is 10.5. The highest BCUT2D eigenvalue weighted by atomic mass is 32.2. The van der Waals surface area contributed by atoms with Crippen LogP contribution in [0.3, 0.4) is 0 Å². The Hall–Kier alpha value is -2.45. The number of thioether (sulfide) groups is 1. The number of nitriles is 1. The summed E-state index contributed by atoms with van der Waals surface area (Å²) in [5, 5.41) is 12.3. The standard InChI is InChI=1S/C24H27N3OS/c25-18-19-8-10-21(11-9-19)27-16-12-20(13-17-27)26-23(28)24(14-4-5-15-24)29-22-6-2-1-3-7-22/h1-3,6-11,20H,4-5,12-17H2,(H,26,28). The predicted octanol–water partition coefficient (Wildman–Crippen LogP) is 4.75. The maximum Gasteiger partial charge on any atom is 0.236 e. The summed E-state index contributed by atoms with van der Waals surface area (Å²) < 4.78 is -0.314. The number of anilines is 1. The number of hydrogen-bond acceptors (Lipinski definition) is 4. The van der Waals surface area contributed by atoms with Crippen LogP contribution in [0.4, 0.5) is 5.69 Å². The molecule has 1 aliphatic carbocycles. The van der Waals surface area contributed by atoms with Crippen LogP contribution in [0, 0.1) is 11.3 Å². The van der Waals surface area contributed by atoms with Crippen LogP contribution >= 0.6 is 11.8 Å². The zero-order valence-corrected chi connectivity index (χ0v) is 17.5. The van der Waals surface area contributed by atoms with Gasteiger partial charge in [0.15, 0.2) is 0 Å². The molecular formula is C24H27N3OS. The highest BCUT2D eigenvalue weighted by Crippen LogP contribution is 2.45. The second kappa shape index (κ2) is 8.92. The molecule has 0 unspecified atom stereocenters. The van der Waals surface area contributed by atoms with Gasteiger partial charge >= 0.3 is 0 Å². The number of nitrogens with zero attached hydrogens (tertiary/aromatic N) is 2.